The number of rotatable bonds is 3. The van der Waals surface area contributed by atoms with E-state index < -0.39 is 28.7 Å². The summed E-state index contributed by atoms with van der Waals surface area (Å²) in [6.07, 6.45) is -4.17. The normalized spacial score (nSPS) is 13.2. The Morgan fingerprint density at radius 2 is 2.11 bits per heavy atom. The SMILES string of the molecule is CC[C@@H](N)C(=O)Nc1ccc(Cl)c(C(F)(F)F)c1. The molecule has 0 aliphatic carbocycles. The number of hydrogen-bond acceptors (Lipinski definition) is 2. The first-order valence-corrected chi connectivity index (χ1v) is 5.56. The molecular formula is C11H12ClF3N2O. The van der Waals surface area contributed by atoms with Gasteiger partial charge in [-0.3, -0.25) is 4.79 Å². The maximum Gasteiger partial charge on any atom is 0.417 e. The van der Waals surface area contributed by atoms with Crippen molar-refractivity contribution in [1.29, 1.82) is 0 Å². The molecule has 3 nitrogen and oxygen atoms in total. The molecule has 0 aliphatic rings. The number of anilines is 1. The third-order valence-electron chi connectivity index (χ3n) is 2.32. The lowest BCUT2D eigenvalue weighted by molar-refractivity contribution is -0.137. The highest BCUT2D eigenvalue weighted by Gasteiger charge is 2.33. The summed E-state index contributed by atoms with van der Waals surface area (Å²) < 4.78 is 37.7. The second kappa shape index (κ2) is 5.58. The van der Waals surface area contributed by atoms with E-state index >= 15 is 0 Å². The van der Waals surface area contributed by atoms with Crippen LogP contribution in [0.3, 0.4) is 0 Å². The maximum atomic E-state index is 12.6. The summed E-state index contributed by atoms with van der Waals surface area (Å²) in [6, 6.07) is 2.40. The van der Waals surface area contributed by atoms with E-state index in [1.54, 1.807) is 6.92 Å². The van der Waals surface area contributed by atoms with Crippen molar-refractivity contribution in [3.8, 4) is 0 Å². The van der Waals surface area contributed by atoms with Crippen LogP contribution in [0.2, 0.25) is 5.02 Å². The molecule has 7 heteroatoms. The number of nitrogens with one attached hydrogen (secondary N) is 1. The molecule has 0 aromatic heterocycles. The molecule has 0 aliphatic heterocycles. The van der Waals surface area contributed by atoms with Crippen molar-refractivity contribution in [1.82, 2.24) is 0 Å². The Morgan fingerprint density at radius 1 is 1.50 bits per heavy atom. The van der Waals surface area contributed by atoms with E-state index in [-0.39, 0.29) is 5.69 Å². The molecule has 3 N–H and O–H groups in total. The lowest BCUT2D eigenvalue weighted by Gasteiger charge is -2.13. The van der Waals surface area contributed by atoms with Crippen LogP contribution in [0.5, 0.6) is 0 Å². The van der Waals surface area contributed by atoms with Gasteiger partial charge in [-0.25, -0.2) is 0 Å². The van der Waals surface area contributed by atoms with Crippen LogP contribution in [0.4, 0.5) is 18.9 Å². The average molecular weight is 281 g/mol. The van der Waals surface area contributed by atoms with Crippen LogP contribution in [0.15, 0.2) is 18.2 Å². The minimum absolute atomic E-state index is 0.0145. The van der Waals surface area contributed by atoms with Crippen molar-refractivity contribution in [2.24, 2.45) is 5.73 Å². The number of nitrogens with two attached hydrogens (primary N) is 1. The summed E-state index contributed by atoms with van der Waals surface area (Å²) in [5.41, 5.74) is 4.48. The van der Waals surface area contributed by atoms with Gasteiger partial charge >= 0.3 is 6.18 Å². The number of alkyl halides is 3. The van der Waals surface area contributed by atoms with Gasteiger partial charge in [0.05, 0.1) is 16.6 Å². The van der Waals surface area contributed by atoms with Gasteiger partial charge in [-0.05, 0) is 24.6 Å². The van der Waals surface area contributed by atoms with Gasteiger partial charge in [-0.2, -0.15) is 13.2 Å². The van der Waals surface area contributed by atoms with Crippen LogP contribution in [0.1, 0.15) is 18.9 Å². The first kappa shape index (κ1) is 14.8. The molecule has 1 rings (SSSR count). The van der Waals surface area contributed by atoms with Gasteiger partial charge in [0.2, 0.25) is 5.91 Å². The molecule has 1 amide bonds. The fourth-order valence-electron chi connectivity index (χ4n) is 1.24. The Balaban J connectivity index is 2.96. The molecule has 0 saturated carbocycles. The van der Waals surface area contributed by atoms with Crippen molar-refractivity contribution in [3.63, 3.8) is 0 Å². The molecule has 0 unspecified atom stereocenters. The third kappa shape index (κ3) is 3.61. The van der Waals surface area contributed by atoms with Gasteiger partial charge in [0.1, 0.15) is 0 Å². The molecular weight excluding hydrogens is 269 g/mol. The fourth-order valence-corrected chi connectivity index (χ4v) is 1.47. The van der Waals surface area contributed by atoms with E-state index in [2.05, 4.69) is 5.32 Å². The van der Waals surface area contributed by atoms with Crippen molar-refractivity contribution in [3.05, 3.63) is 28.8 Å². The Kier molecular flexibility index (Phi) is 4.59. The van der Waals surface area contributed by atoms with Gasteiger partial charge < -0.3 is 11.1 Å². The van der Waals surface area contributed by atoms with Crippen LogP contribution in [-0.4, -0.2) is 11.9 Å². The van der Waals surface area contributed by atoms with Crippen molar-refractivity contribution in [2.75, 3.05) is 5.32 Å². The molecule has 0 spiro atoms. The first-order valence-electron chi connectivity index (χ1n) is 5.19. The molecule has 18 heavy (non-hydrogen) atoms. The van der Waals surface area contributed by atoms with Crippen LogP contribution in [0, 0.1) is 0 Å². The quantitative estimate of drug-likeness (QED) is 0.894. The van der Waals surface area contributed by atoms with Crippen LogP contribution in [-0.2, 0) is 11.0 Å². The molecule has 0 fully saturated rings. The van der Waals surface area contributed by atoms with E-state index in [1.165, 1.54) is 6.07 Å². The summed E-state index contributed by atoms with van der Waals surface area (Å²) in [7, 11) is 0. The first-order chi connectivity index (χ1) is 8.25. The zero-order chi connectivity index (χ0) is 13.9. The van der Waals surface area contributed by atoms with Crippen molar-refractivity contribution >= 4 is 23.2 Å². The number of hydrogen-bond donors (Lipinski definition) is 2. The summed E-state index contributed by atoms with van der Waals surface area (Å²) in [5.74, 6) is -0.534. The van der Waals surface area contributed by atoms with Gasteiger partial charge in [-0.1, -0.05) is 18.5 Å². The summed E-state index contributed by atoms with van der Waals surface area (Å²) >= 11 is 5.45. The lowest BCUT2D eigenvalue weighted by Crippen LogP contribution is -2.34. The Hall–Kier alpha value is -1.27. The van der Waals surface area contributed by atoms with Crippen LogP contribution in [0.25, 0.3) is 0 Å². The molecule has 0 saturated heterocycles. The lowest BCUT2D eigenvalue weighted by atomic mass is 10.1. The zero-order valence-electron chi connectivity index (χ0n) is 9.51. The number of carbonyl (C=O) groups excluding carboxylic acids is 1. The molecule has 0 heterocycles. The highest BCUT2D eigenvalue weighted by molar-refractivity contribution is 6.31. The van der Waals surface area contributed by atoms with Crippen LogP contribution >= 0.6 is 11.6 Å². The highest BCUT2D eigenvalue weighted by Crippen LogP contribution is 2.36. The van der Waals surface area contributed by atoms with E-state index in [9.17, 15) is 18.0 Å². The summed E-state index contributed by atoms with van der Waals surface area (Å²) in [4.78, 5) is 11.4. The second-order valence-electron chi connectivity index (χ2n) is 3.70. The number of carbonyl (C=O) groups is 1. The Morgan fingerprint density at radius 3 is 2.61 bits per heavy atom. The molecule has 1 atom stereocenters. The third-order valence-corrected chi connectivity index (χ3v) is 2.65. The smallest absolute Gasteiger partial charge is 0.325 e. The Bertz CT molecular complexity index is 448. The fraction of sp³-hybridized carbons (Fsp3) is 0.364. The predicted octanol–water partition coefficient (Wildman–Crippen LogP) is 3.03. The summed E-state index contributed by atoms with van der Waals surface area (Å²) in [6.45, 7) is 1.70. The van der Waals surface area contributed by atoms with E-state index in [0.29, 0.717) is 6.42 Å². The van der Waals surface area contributed by atoms with Gasteiger partial charge in [0.25, 0.3) is 0 Å². The number of benzene rings is 1. The van der Waals surface area contributed by atoms with Gasteiger partial charge in [0, 0.05) is 5.69 Å². The molecule has 100 valence electrons. The minimum Gasteiger partial charge on any atom is -0.325 e. The molecule has 0 bridgehead atoms. The molecule has 1 aromatic rings. The molecule has 0 radical (unpaired) electrons. The zero-order valence-corrected chi connectivity index (χ0v) is 10.3. The van der Waals surface area contributed by atoms with E-state index in [0.717, 1.165) is 12.1 Å². The van der Waals surface area contributed by atoms with Gasteiger partial charge in [0.15, 0.2) is 0 Å². The minimum atomic E-state index is -4.56. The summed E-state index contributed by atoms with van der Waals surface area (Å²) in [5, 5.41) is 1.89. The van der Waals surface area contributed by atoms with Crippen LogP contribution < -0.4 is 11.1 Å². The van der Waals surface area contributed by atoms with Gasteiger partial charge in [-0.15, -0.1) is 0 Å². The van der Waals surface area contributed by atoms with Crippen molar-refractivity contribution < 1.29 is 18.0 Å². The topological polar surface area (TPSA) is 55.1 Å². The largest absolute Gasteiger partial charge is 0.417 e. The Labute approximate surface area is 107 Å². The predicted molar refractivity (Wildman–Crippen MR) is 63.4 cm³/mol. The van der Waals surface area contributed by atoms with E-state index in [1.807, 2.05) is 0 Å². The van der Waals surface area contributed by atoms with Crippen molar-refractivity contribution in [2.45, 2.75) is 25.6 Å². The number of halogens is 4. The second-order valence-corrected chi connectivity index (χ2v) is 4.10. The maximum absolute atomic E-state index is 12.6. The van der Waals surface area contributed by atoms with E-state index in [4.69, 9.17) is 17.3 Å². The molecule has 1 aromatic carbocycles. The number of amides is 1. The highest BCUT2D eigenvalue weighted by atomic mass is 35.5. The standard InChI is InChI=1S/C11H12ClF3N2O/c1-2-9(16)10(18)17-6-3-4-8(12)7(5-6)11(13,14)15/h3-5,9H,2,16H2,1H3,(H,17,18)/t9-/m1/s1. The monoisotopic (exact) mass is 280 g/mol. The average Bonchev–Trinajstić information content (AvgIpc) is 2.29.